The number of fused-ring (bicyclic) bond motifs is 1. The van der Waals surface area contributed by atoms with E-state index >= 15 is 0 Å². The molecule has 3 aromatic rings. The molecule has 1 aliphatic rings. The van der Waals surface area contributed by atoms with Crippen molar-refractivity contribution < 1.29 is 23.7 Å². The van der Waals surface area contributed by atoms with Gasteiger partial charge in [0, 0.05) is 29.3 Å². The minimum Gasteiger partial charge on any atom is -0.496 e. The molecule has 30 heavy (non-hydrogen) atoms. The van der Waals surface area contributed by atoms with E-state index in [0.717, 1.165) is 11.4 Å². The molecule has 0 atom stereocenters. The molecular formula is C22H22FN3O4. The van der Waals surface area contributed by atoms with Crippen molar-refractivity contribution in [3.8, 4) is 28.5 Å². The minimum atomic E-state index is -0.406. The molecule has 1 aromatic heterocycles. The molecule has 0 radical (unpaired) electrons. The van der Waals surface area contributed by atoms with Crippen molar-refractivity contribution in [3.63, 3.8) is 0 Å². The lowest BCUT2D eigenvalue weighted by atomic mass is 10.0. The number of rotatable bonds is 6. The lowest BCUT2D eigenvalue weighted by molar-refractivity contribution is 0.282. The van der Waals surface area contributed by atoms with Crippen LogP contribution in [-0.4, -0.2) is 38.1 Å². The summed E-state index contributed by atoms with van der Waals surface area (Å²) in [6, 6.07) is 11.6. The predicted molar refractivity (Wildman–Crippen MR) is 112 cm³/mol. The zero-order chi connectivity index (χ0) is 21.3. The topological polar surface area (TPSA) is 76.1 Å². The Kier molecular flexibility index (Phi) is 5.33. The number of aliphatic hydroxyl groups excluding tert-OH is 1. The first-order chi connectivity index (χ1) is 14.6. The average molecular weight is 411 g/mol. The second kappa shape index (κ2) is 8.08. The number of aromatic nitrogens is 1. The Hall–Kier alpha value is -3.52. The van der Waals surface area contributed by atoms with Gasteiger partial charge >= 0.3 is 0 Å². The molecule has 0 fully saturated rings. The fourth-order valence-electron chi connectivity index (χ4n) is 3.54. The van der Waals surface area contributed by atoms with Gasteiger partial charge in [-0.05, 0) is 18.2 Å². The monoisotopic (exact) mass is 411 g/mol. The number of aliphatic hydroxyl groups is 1. The molecule has 0 spiro atoms. The van der Waals surface area contributed by atoms with Gasteiger partial charge in [-0.15, -0.1) is 0 Å². The number of hydrogen-bond acceptors (Lipinski definition) is 7. The minimum absolute atomic E-state index is 0.205. The van der Waals surface area contributed by atoms with Crippen molar-refractivity contribution >= 4 is 17.2 Å². The third kappa shape index (κ3) is 3.35. The summed E-state index contributed by atoms with van der Waals surface area (Å²) < 4.78 is 29.8. The molecule has 0 amide bonds. The van der Waals surface area contributed by atoms with Crippen LogP contribution in [0.2, 0.25) is 0 Å². The molecule has 0 saturated carbocycles. The molecule has 156 valence electrons. The number of benzene rings is 2. The van der Waals surface area contributed by atoms with Crippen LogP contribution in [0.1, 0.15) is 5.56 Å². The second-order valence-corrected chi connectivity index (χ2v) is 6.67. The molecule has 0 bridgehead atoms. The van der Waals surface area contributed by atoms with Crippen LogP contribution < -0.4 is 24.4 Å². The van der Waals surface area contributed by atoms with E-state index in [1.165, 1.54) is 19.2 Å². The SMILES string of the molecule is COc1cc2c(cc1OC)N(c1ccc(CO)c(-c3ccc(F)cc3OC)n1)CN2. The number of pyridine rings is 1. The van der Waals surface area contributed by atoms with E-state index in [9.17, 15) is 9.50 Å². The summed E-state index contributed by atoms with van der Waals surface area (Å²) in [6.07, 6.45) is 0. The van der Waals surface area contributed by atoms with Crippen molar-refractivity contribution in [1.82, 2.24) is 4.98 Å². The number of anilines is 3. The summed E-state index contributed by atoms with van der Waals surface area (Å²) in [6.45, 7) is 0.292. The van der Waals surface area contributed by atoms with Crippen molar-refractivity contribution in [1.29, 1.82) is 0 Å². The van der Waals surface area contributed by atoms with Crippen LogP contribution in [0.5, 0.6) is 17.2 Å². The molecule has 8 heteroatoms. The molecule has 2 aromatic carbocycles. The van der Waals surface area contributed by atoms with Crippen LogP contribution in [0, 0.1) is 5.82 Å². The lowest BCUT2D eigenvalue weighted by Crippen LogP contribution is -2.18. The van der Waals surface area contributed by atoms with E-state index in [2.05, 4.69) is 5.32 Å². The number of nitrogens with zero attached hydrogens (tertiary/aromatic N) is 2. The van der Waals surface area contributed by atoms with E-state index in [0.29, 0.717) is 46.6 Å². The van der Waals surface area contributed by atoms with Crippen molar-refractivity contribution in [2.45, 2.75) is 6.61 Å². The Balaban J connectivity index is 1.81. The van der Waals surface area contributed by atoms with Gasteiger partial charge in [-0.25, -0.2) is 9.37 Å². The van der Waals surface area contributed by atoms with Gasteiger partial charge in [-0.3, -0.25) is 0 Å². The second-order valence-electron chi connectivity index (χ2n) is 6.67. The van der Waals surface area contributed by atoms with Crippen LogP contribution >= 0.6 is 0 Å². The third-order valence-electron chi connectivity index (χ3n) is 5.05. The Morgan fingerprint density at radius 2 is 1.73 bits per heavy atom. The highest BCUT2D eigenvalue weighted by atomic mass is 19.1. The number of halogens is 1. The number of methoxy groups -OCH3 is 3. The van der Waals surface area contributed by atoms with Crippen LogP contribution in [0.3, 0.4) is 0 Å². The zero-order valence-corrected chi connectivity index (χ0v) is 16.9. The van der Waals surface area contributed by atoms with Crippen LogP contribution in [0.15, 0.2) is 42.5 Å². The highest BCUT2D eigenvalue weighted by Gasteiger charge is 2.25. The van der Waals surface area contributed by atoms with Gasteiger partial charge in [0.2, 0.25) is 0 Å². The van der Waals surface area contributed by atoms with E-state index in [-0.39, 0.29) is 6.61 Å². The summed E-state index contributed by atoms with van der Waals surface area (Å²) in [5.74, 6) is 1.84. The standard InChI is InChI=1S/C22H22FN3O4/c1-28-18-8-14(23)5-6-15(18)22-13(11-27)4-7-21(25-22)26-12-24-16-9-19(29-2)20(30-3)10-17(16)26/h4-10,24,27H,11-12H2,1-3H3. The van der Waals surface area contributed by atoms with Gasteiger partial charge in [0.1, 0.15) is 17.4 Å². The van der Waals surface area contributed by atoms with Crippen molar-refractivity contribution in [2.75, 3.05) is 38.2 Å². The van der Waals surface area contributed by atoms with Gasteiger partial charge < -0.3 is 29.5 Å². The maximum Gasteiger partial charge on any atom is 0.162 e. The quantitative estimate of drug-likeness (QED) is 0.637. The Bertz CT molecular complexity index is 1090. The molecule has 0 saturated heterocycles. The largest absolute Gasteiger partial charge is 0.496 e. The normalized spacial score (nSPS) is 12.4. The fraction of sp³-hybridized carbons (Fsp3) is 0.227. The first-order valence-corrected chi connectivity index (χ1v) is 9.31. The van der Waals surface area contributed by atoms with Crippen LogP contribution in [-0.2, 0) is 6.61 Å². The zero-order valence-electron chi connectivity index (χ0n) is 16.9. The van der Waals surface area contributed by atoms with E-state index in [4.69, 9.17) is 19.2 Å². The summed E-state index contributed by atoms with van der Waals surface area (Å²) in [5.41, 5.74) is 3.52. The molecular weight excluding hydrogens is 389 g/mol. The summed E-state index contributed by atoms with van der Waals surface area (Å²) in [7, 11) is 4.65. The Morgan fingerprint density at radius 1 is 1.00 bits per heavy atom. The first kappa shape index (κ1) is 19.8. The average Bonchev–Trinajstić information content (AvgIpc) is 3.20. The number of hydrogen-bond donors (Lipinski definition) is 2. The molecule has 7 nitrogen and oxygen atoms in total. The highest BCUT2D eigenvalue weighted by Crippen LogP contribution is 2.44. The first-order valence-electron chi connectivity index (χ1n) is 9.31. The summed E-state index contributed by atoms with van der Waals surface area (Å²) in [5, 5.41) is 13.1. The third-order valence-corrected chi connectivity index (χ3v) is 5.05. The summed E-state index contributed by atoms with van der Waals surface area (Å²) >= 11 is 0. The smallest absolute Gasteiger partial charge is 0.162 e. The van der Waals surface area contributed by atoms with E-state index in [1.807, 2.05) is 23.1 Å². The maximum atomic E-state index is 13.7. The van der Waals surface area contributed by atoms with Crippen molar-refractivity contribution in [3.05, 3.63) is 53.8 Å². The maximum absolute atomic E-state index is 13.7. The Labute approximate surface area is 173 Å². The van der Waals surface area contributed by atoms with Crippen molar-refractivity contribution in [2.24, 2.45) is 0 Å². The molecule has 2 N–H and O–H groups in total. The van der Waals surface area contributed by atoms with Gasteiger partial charge in [0.15, 0.2) is 11.5 Å². The van der Waals surface area contributed by atoms with Gasteiger partial charge in [-0.2, -0.15) is 0 Å². The molecule has 0 aliphatic carbocycles. The van der Waals surface area contributed by atoms with E-state index in [1.54, 1.807) is 26.4 Å². The predicted octanol–water partition coefficient (Wildman–Crippen LogP) is 3.93. The highest BCUT2D eigenvalue weighted by molar-refractivity contribution is 5.84. The Morgan fingerprint density at radius 3 is 2.43 bits per heavy atom. The fourth-order valence-corrected chi connectivity index (χ4v) is 3.54. The molecule has 4 rings (SSSR count). The summed E-state index contributed by atoms with van der Waals surface area (Å²) in [4.78, 5) is 6.77. The number of nitrogens with one attached hydrogen (secondary N) is 1. The lowest BCUT2D eigenvalue weighted by Gasteiger charge is -2.20. The van der Waals surface area contributed by atoms with Gasteiger partial charge in [0.05, 0.1) is 51.7 Å². The van der Waals surface area contributed by atoms with Gasteiger partial charge in [0.25, 0.3) is 0 Å². The molecule has 0 unspecified atom stereocenters. The van der Waals surface area contributed by atoms with Gasteiger partial charge in [-0.1, -0.05) is 6.07 Å². The molecule has 1 aliphatic heterocycles. The van der Waals surface area contributed by atoms with Crippen LogP contribution in [0.25, 0.3) is 11.3 Å². The number of ether oxygens (including phenoxy) is 3. The van der Waals surface area contributed by atoms with E-state index < -0.39 is 5.82 Å². The molecule has 2 heterocycles. The van der Waals surface area contributed by atoms with Crippen LogP contribution in [0.4, 0.5) is 21.6 Å².